The first-order valence-electron chi connectivity index (χ1n) is 17.2. The zero-order chi connectivity index (χ0) is 36.4. The van der Waals surface area contributed by atoms with Crippen molar-refractivity contribution in [1.82, 2.24) is 34.1 Å². The van der Waals surface area contributed by atoms with E-state index >= 15 is 0 Å². The number of nitrogens with one attached hydrogen (secondary N) is 2. The van der Waals surface area contributed by atoms with Crippen LogP contribution in [0.4, 0.5) is 17.8 Å². The van der Waals surface area contributed by atoms with E-state index in [9.17, 15) is 4.79 Å². The molecule has 13 nitrogen and oxygen atoms in total. The van der Waals surface area contributed by atoms with E-state index in [2.05, 4.69) is 94.1 Å². The number of hydrogen-bond acceptors (Lipinski definition) is 10. The highest BCUT2D eigenvalue weighted by Crippen LogP contribution is 2.43. The summed E-state index contributed by atoms with van der Waals surface area (Å²) in [6.07, 6.45) is 1.11. The maximum Gasteiger partial charge on any atom is 0.280 e. The number of aromatic nitrogens is 7. The first-order valence-corrected chi connectivity index (χ1v) is 23.0. The van der Waals surface area contributed by atoms with Gasteiger partial charge in [-0.25, -0.2) is 9.97 Å². The topological polar surface area (TPSA) is 160 Å². The van der Waals surface area contributed by atoms with Crippen LogP contribution in [-0.2, 0) is 20.6 Å². The molecule has 0 amide bonds. The van der Waals surface area contributed by atoms with Gasteiger partial charge in [-0.15, -0.1) is 0 Å². The highest BCUT2D eigenvalue weighted by molar-refractivity contribution is 6.74. The third kappa shape index (κ3) is 6.76. The number of nitrogen functional groups attached to an aromatic ring is 1. The quantitative estimate of drug-likeness (QED) is 0.134. The summed E-state index contributed by atoms with van der Waals surface area (Å²) >= 11 is 0. The number of aromatic amines is 1. The van der Waals surface area contributed by atoms with Crippen LogP contribution in [0.15, 0.2) is 47.4 Å². The first-order chi connectivity index (χ1) is 23.3. The summed E-state index contributed by atoms with van der Waals surface area (Å²) in [4.78, 5) is 34.4. The van der Waals surface area contributed by atoms with Crippen molar-refractivity contribution in [2.45, 2.75) is 103 Å². The van der Waals surface area contributed by atoms with E-state index in [0.29, 0.717) is 36.2 Å². The van der Waals surface area contributed by atoms with Crippen molar-refractivity contribution in [3.05, 3.63) is 52.9 Å². The molecule has 5 aromatic rings. The van der Waals surface area contributed by atoms with Gasteiger partial charge in [0.05, 0.1) is 18.2 Å². The summed E-state index contributed by atoms with van der Waals surface area (Å²) in [5, 5.41) is 3.39. The van der Waals surface area contributed by atoms with Gasteiger partial charge in [-0.2, -0.15) is 9.97 Å². The largest absolute Gasteiger partial charge is 0.414 e. The Morgan fingerprint density at radius 2 is 1.66 bits per heavy atom. The van der Waals surface area contributed by atoms with E-state index in [1.54, 1.807) is 4.57 Å². The van der Waals surface area contributed by atoms with Gasteiger partial charge in [0.1, 0.15) is 12.3 Å². The monoisotopic (exact) mass is 717 g/mol. The number of rotatable bonds is 9. The van der Waals surface area contributed by atoms with Crippen molar-refractivity contribution in [2.24, 2.45) is 7.05 Å². The summed E-state index contributed by atoms with van der Waals surface area (Å²) in [6, 6.07) is 12.1. The van der Waals surface area contributed by atoms with E-state index < -0.39 is 28.4 Å². The van der Waals surface area contributed by atoms with E-state index in [4.69, 9.17) is 29.3 Å². The molecule has 50 heavy (non-hydrogen) atoms. The van der Waals surface area contributed by atoms with Gasteiger partial charge in [0.15, 0.2) is 33.4 Å². The molecule has 1 fully saturated rings. The van der Waals surface area contributed by atoms with E-state index in [1.165, 1.54) is 0 Å². The minimum atomic E-state index is -2.22. The van der Waals surface area contributed by atoms with Crippen LogP contribution in [0.3, 0.4) is 0 Å². The zero-order valence-electron chi connectivity index (χ0n) is 31.1. The Morgan fingerprint density at radius 1 is 0.980 bits per heavy atom. The molecule has 0 saturated carbocycles. The maximum absolute atomic E-state index is 13.2. The number of nitrogens with zero attached hydrogens (tertiary/aromatic N) is 6. The molecule has 0 radical (unpaired) electrons. The van der Waals surface area contributed by atoms with Gasteiger partial charge in [0, 0.05) is 25.2 Å². The fourth-order valence-corrected chi connectivity index (χ4v) is 8.00. The molecule has 0 bridgehead atoms. The number of aryl methyl sites for hydroxylation is 1. The Morgan fingerprint density at radius 3 is 2.32 bits per heavy atom. The van der Waals surface area contributed by atoms with E-state index in [0.717, 1.165) is 16.6 Å². The SMILES string of the molecule is Cn1c(Nc2nc3c(=O)[nH]c(N)nc3n2[C@H]2CC(O[Si](C)(C)C(C)(C)C)[C@H](CO[Si](C)(C)C(C)(C)C)O2)nc2ncc(-c3ccccc3)cc21. The number of hydrogen-bond donors (Lipinski definition) is 3. The average molecular weight is 718 g/mol. The van der Waals surface area contributed by atoms with Crippen LogP contribution in [0, 0.1) is 0 Å². The third-order valence-corrected chi connectivity index (χ3v) is 19.8. The molecule has 6 rings (SSSR count). The van der Waals surface area contributed by atoms with Crippen LogP contribution in [0.2, 0.25) is 36.3 Å². The highest BCUT2D eigenvalue weighted by Gasteiger charge is 2.47. The van der Waals surface area contributed by atoms with Crippen LogP contribution < -0.4 is 16.6 Å². The second-order valence-corrected chi connectivity index (χ2v) is 25.9. The minimum Gasteiger partial charge on any atom is -0.414 e. The Hall–Kier alpha value is -3.90. The number of ether oxygens (including phenoxy) is 1. The average Bonchev–Trinajstić information content (AvgIpc) is 3.68. The van der Waals surface area contributed by atoms with Crippen molar-refractivity contribution in [3.63, 3.8) is 0 Å². The molecule has 15 heteroatoms. The molecule has 1 aliphatic heterocycles. The van der Waals surface area contributed by atoms with Crippen molar-refractivity contribution in [1.29, 1.82) is 0 Å². The summed E-state index contributed by atoms with van der Waals surface area (Å²) in [5.74, 6) is 0.816. The molecule has 1 saturated heterocycles. The number of imidazole rings is 2. The maximum atomic E-state index is 13.2. The van der Waals surface area contributed by atoms with Gasteiger partial charge in [0.2, 0.25) is 17.8 Å². The predicted molar refractivity (Wildman–Crippen MR) is 204 cm³/mol. The van der Waals surface area contributed by atoms with Crippen molar-refractivity contribution >= 4 is 56.8 Å². The van der Waals surface area contributed by atoms with Gasteiger partial charge >= 0.3 is 0 Å². The number of benzene rings is 1. The van der Waals surface area contributed by atoms with Crippen molar-refractivity contribution < 1.29 is 13.6 Å². The Balaban J connectivity index is 1.40. The Kier molecular flexibility index (Phi) is 9.12. The lowest BCUT2D eigenvalue weighted by Crippen LogP contribution is -2.48. The van der Waals surface area contributed by atoms with Gasteiger partial charge in [-0.05, 0) is 47.9 Å². The number of anilines is 3. The van der Waals surface area contributed by atoms with Gasteiger partial charge in [0.25, 0.3) is 5.56 Å². The number of pyridine rings is 1. The summed E-state index contributed by atoms with van der Waals surface area (Å²) in [5.41, 5.74) is 9.52. The van der Waals surface area contributed by atoms with Gasteiger partial charge in [-0.1, -0.05) is 71.9 Å². The molecular formula is C35H51N9O4Si2. The molecule has 0 aliphatic carbocycles. The minimum absolute atomic E-state index is 0.0116. The van der Waals surface area contributed by atoms with Crippen LogP contribution in [0.5, 0.6) is 0 Å². The molecule has 5 heterocycles. The lowest BCUT2D eigenvalue weighted by molar-refractivity contribution is -0.0376. The molecule has 0 spiro atoms. The van der Waals surface area contributed by atoms with Gasteiger partial charge < -0.3 is 23.9 Å². The summed E-state index contributed by atoms with van der Waals surface area (Å²) in [6.45, 7) is 22.7. The second-order valence-electron chi connectivity index (χ2n) is 16.3. The molecule has 1 aliphatic rings. The molecule has 268 valence electrons. The normalized spacial score (nSPS) is 19.1. The van der Waals surface area contributed by atoms with Gasteiger partial charge in [-0.3, -0.25) is 19.7 Å². The van der Waals surface area contributed by atoms with Crippen LogP contribution in [0.1, 0.15) is 54.2 Å². The molecule has 3 atom stereocenters. The fourth-order valence-electron chi connectivity index (χ4n) is 5.62. The molecule has 1 unspecified atom stereocenters. The number of H-pyrrole nitrogens is 1. The van der Waals surface area contributed by atoms with Crippen molar-refractivity contribution in [3.8, 4) is 11.1 Å². The number of fused-ring (bicyclic) bond motifs is 2. The zero-order valence-corrected chi connectivity index (χ0v) is 33.1. The standard InChI is InChI=1S/C35H51N9O4Si2/c1-34(2,3)49(8,9)46-20-25-24(48-50(10,11)35(4,5)6)18-26(47-25)44-29-27(30(45)41-31(36)40-29)38-33(44)42-32-39-28-23(43(32)7)17-22(19-37-28)21-15-13-12-14-16-21/h12-17,19,24-26H,18,20H2,1-11H3,(H3,36,40,41,45)(H,37,38,39,42)/t24?,25-,26+/m0/s1. The lowest BCUT2D eigenvalue weighted by Gasteiger charge is -2.40. The molecule has 1 aromatic carbocycles. The Bertz CT molecular complexity index is 2080. The highest BCUT2D eigenvalue weighted by atomic mass is 28.4. The third-order valence-electron chi connectivity index (χ3n) is 10.8. The number of nitrogens with two attached hydrogens (primary N) is 1. The lowest BCUT2D eigenvalue weighted by atomic mass is 10.1. The first kappa shape index (κ1) is 35.9. The second kappa shape index (κ2) is 12.7. The van der Waals surface area contributed by atoms with Crippen LogP contribution >= 0.6 is 0 Å². The fraction of sp³-hybridized carbons (Fsp3) is 0.514. The van der Waals surface area contributed by atoms with Crippen molar-refractivity contribution in [2.75, 3.05) is 17.7 Å². The summed E-state index contributed by atoms with van der Waals surface area (Å²) in [7, 11) is -2.41. The van der Waals surface area contributed by atoms with Crippen LogP contribution in [-0.4, -0.2) is 69.5 Å². The van der Waals surface area contributed by atoms with Crippen LogP contribution in [0.25, 0.3) is 33.5 Å². The molecule has 4 aromatic heterocycles. The van der Waals surface area contributed by atoms with E-state index in [1.807, 2.05) is 48.1 Å². The molecule has 4 N–H and O–H groups in total. The summed E-state index contributed by atoms with van der Waals surface area (Å²) < 4.78 is 24.3. The molecular weight excluding hydrogens is 667 g/mol. The smallest absolute Gasteiger partial charge is 0.280 e. The Labute approximate surface area is 295 Å². The predicted octanol–water partition coefficient (Wildman–Crippen LogP) is 7.09. The van der Waals surface area contributed by atoms with E-state index in [-0.39, 0.29) is 33.7 Å².